The molecule has 206 valence electrons. The summed E-state index contributed by atoms with van der Waals surface area (Å²) >= 11 is 0. The minimum atomic E-state index is -1.19. The molecule has 2 unspecified atom stereocenters. The number of ether oxygens (including phenoxy) is 1. The third kappa shape index (κ3) is 14.7. The molecule has 4 N–H and O–H groups in total. The monoisotopic (exact) mass is 519 g/mol. The molecule has 0 aromatic heterocycles. The Morgan fingerprint density at radius 2 is 1.51 bits per heavy atom. The number of carbonyl (C=O) groups is 5. The van der Waals surface area contributed by atoms with E-state index in [1.165, 1.54) is 0 Å². The lowest BCUT2D eigenvalue weighted by atomic mass is 10.0. The second-order valence-corrected chi connectivity index (χ2v) is 10.4. The van der Waals surface area contributed by atoms with E-state index in [-0.39, 0.29) is 37.1 Å². The highest BCUT2D eigenvalue weighted by atomic mass is 16.6. The SMILES string of the molecule is CC(C)CC(NC(=O)C(Cc1ccccc1)NC(=O)CCCCC(=O)OC(C)(C)C)C(=O)NCC(=O)O. The zero-order valence-electron chi connectivity index (χ0n) is 22.5. The van der Waals surface area contributed by atoms with Gasteiger partial charge in [0.25, 0.3) is 0 Å². The summed E-state index contributed by atoms with van der Waals surface area (Å²) in [7, 11) is 0. The van der Waals surface area contributed by atoms with Gasteiger partial charge in [0.1, 0.15) is 24.2 Å². The van der Waals surface area contributed by atoms with Gasteiger partial charge >= 0.3 is 11.9 Å². The van der Waals surface area contributed by atoms with Crippen LogP contribution >= 0.6 is 0 Å². The standard InChI is InChI=1S/C27H41N3O7/c1-18(2)15-20(25(35)28-17-23(32)33)30-26(36)21(16-19-11-7-6-8-12-19)29-22(31)13-9-10-14-24(34)37-27(3,4)5/h6-8,11-12,18,20-21H,9-10,13-17H2,1-5H3,(H,28,35)(H,29,31)(H,30,36)(H,32,33). The minimum absolute atomic E-state index is 0.0491. The van der Waals surface area contributed by atoms with E-state index in [2.05, 4.69) is 16.0 Å². The molecule has 3 amide bonds. The van der Waals surface area contributed by atoms with Crippen molar-refractivity contribution in [1.29, 1.82) is 0 Å². The van der Waals surface area contributed by atoms with Gasteiger partial charge in [-0.2, -0.15) is 0 Å². The molecule has 0 aliphatic heterocycles. The van der Waals surface area contributed by atoms with Crippen LogP contribution in [0.25, 0.3) is 0 Å². The van der Waals surface area contributed by atoms with E-state index in [9.17, 15) is 24.0 Å². The van der Waals surface area contributed by atoms with Crippen molar-refractivity contribution in [1.82, 2.24) is 16.0 Å². The normalized spacial score (nSPS) is 12.8. The molecule has 1 rings (SSSR count). The molecule has 0 bridgehead atoms. The molecule has 0 saturated heterocycles. The summed E-state index contributed by atoms with van der Waals surface area (Å²) in [6.07, 6.45) is 1.74. The van der Waals surface area contributed by atoms with Crippen LogP contribution in [0, 0.1) is 5.92 Å². The Balaban J connectivity index is 2.81. The van der Waals surface area contributed by atoms with E-state index in [1.807, 2.05) is 44.2 Å². The summed E-state index contributed by atoms with van der Waals surface area (Å²) in [6.45, 7) is 8.57. The number of esters is 1. The molecule has 0 heterocycles. The lowest BCUT2D eigenvalue weighted by Gasteiger charge is -2.24. The summed E-state index contributed by atoms with van der Waals surface area (Å²) in [5.74, 6) is -2.96. The highest BCUT2D eigenvalue weighted by molar-refractivity contribution is 5.93. The van der Waals surface area contributed by atoms with Crippen LogP contribution in [-0.2, 0) is 35.1 Å². The maximum absolute atomic E-state index is 13.2. The fourth-order valence-corrected chi connectivity index (χ4v) is 3.53. The summed E-state index contributed by atoms with van der Waals surface area (Å²) < 4.78 is 5.26. The molecule has 1 aromatic carbocycles. The average Bonchev–Trinajstić information content (AvgIpc) is 2.78. The van der Waals surface area contributed by atoms with Gasteiger partial charge in [0.2, 0.25) is 17.7 Å². The zero-order valence-corrected chi connectivity index (χ0v) is 22.5. The van der Waals surface area contributed by atoms with E-state index in [0.29, 0.717) is 19.3 Å². The maximum atomic E-state index is 13.2. The molecule has 10 nitrogen and oxygen atoms in total. The van der Waals surface area contributed by atoms with E-state index in [1.54, 1.807) is 20.8 Å². The van der Waals surface area contributed by atoms with Gasteiger partial charge in [0, 0.05) is 19.3 Å². The number of carboxylic acids is 1. The molecule has 2 atom stereocenters. The highest BCUT2D eigenvalue weighted by Gasteiger charge is 2.28. The Morgan fingerprint density at radius 3 is 2.08 bits per heavy atom. The first-order valence-corrected chi connectivity index (χ1v) is 12.6. The van der Waals surface area contributed by atoms with Crippen LogP contribution in [0.2, 0.25) is 0 Å². The zero-order chi connectivity index (χ0) is 28.0. The smallest absolute Gasteiger partial charge is 0.322 e. The molecule has 10 heteroatoms. The Hall–Kier alpha value is -3.43. The van der Waals surface area contributed by atoms with E-state index in [4.69, 9.17) is 9.84 Å². The van der Waals surface area contributed by atoms with Crippen molar-refractivity contribution < 1.29 is 33.8 Å². The first-order valence-electron chi connectivity index (χ1n) is 12.6. The van der Waals surface area contributed by atoms with Crippen molar-refractivity contribution in [2.45, 2.75) is 90.8 Å². The van der Waals surface area contributed by atoms with Gasteiger partial charge < -0.3 is 25.8 Å². The first kappa shape index (κ1) is 31.6. The molecule has 0 aliphatic rings. The van der Waals surface area contributed by atoms with Crippen LogP contribution in [0.1, 0.15) is 72.3 Å². The number of carboxylic acid groups (broad SMARTS) is 1. The Morgan fingerprint density at radius 1 is 0.892 bits per heavy atom. The van der Waals surface area contributed by atoms with Gasteiger partial charge in [-0.3, -0.25) is 24.0 Å². The predicted molar refractivity (Wildman–Crippen MR) is 138 cm³/mol. The van der Waals surface area contributed by atoms with Crippen LogP contribution in [0.15, 0.2) is 30.3 Å². The molecular weight excluding hydrogens is 478 g/mol. The Labute approximate surface area is 218 Å². The van der Waals surface area contributed by atoms with Gasteiger partial charge in [0.05, 0.1) is 0 Å². The number of unbranched alkanes of at least 4 members (excludes halogenated alkanes) is 1. The fourth-order valence-electron chi connectivity index (χ4n) is 3.53. The van der Waals surface area contributed by atoms with Crippen LogP contribution in [0.4, 0.5) is 0 Å². The average molecular weight is 520 g/mol. The van der Waals surface area contributed by atoms with Crippen LogP contribution in [0.3, 0.4) is 0 Å². The van der Waals surface area contributed by atoms with E-state index < -0.39 is 42.0 Å². The lowest BCUT2D eigenvalue weighted by molar-refractivity contribution is -0.155. The summed E-state index contributed by atoms with van der Waals surface area (Å²) in [5.41, 5.74) is 0.258. The molecule has 37 heavy (non-hydrogen) atoms. The molecular formula is C27H41N3O7. The molecule has 0 spiro atoms. The van der Waals surface area contributed by atoms with Crippen molar-refractivity contribution in [2.24, 2.45) is 5.92 Å². The second kappa shape index (κ2) is 15.6. The van der Waals surface area contributed by atoms with Crippen molar-refractivity contribution >= 4 is 29.7 Å². The quantitative estimate of drug-likeness (QED) is 0.205. The third-order valence-electron chi connectivity index (χ3n) is 5.14. The fraction of sp³-hybridized carbons (Fsp3) is 0.593. The number of nitrogens with one attached hydrogen (secondary N) is 3. The molecule has 0 radical (unpaired) electrons. The lowest BCUT2D eigenvalue weighted by Crippen LogP contribution is -2.55. The van der Waals surface area contributed by atoms with Crippen molar-refractivity contribution in [3.8, 4) is 0 Å². The van der Waals surface area contributed by atoms with Crippen LogP contribution < -0.4 is 16.0 Å². The minimum Gasteiger partial charge on any atom is -0.480 e. The topological polar surface area (TPSA) is 151 Å². The van der Waals surface area contributed by atoms with Crippen molar-refractivity contribution in [2.75, 3.05) is 6.54 Å². The van der Waals surface area contributed by atoms with Crippen molar-refractivity contribution in [3.63, 3.8) is 0 Å². The summed E-state index contributed by atoms with van der Waals surface area (Å²) in [6, 6.07) is 7.26. The number of aliphatic carboxylic acids is 1. The second-order valence-electron chi connectivity index (χ2n) is 10.4. The highest BCUT2D eigenvalue weighted by Crippen LogP contribution is 2.11. The molecule has 1 aromatic rings. The van der Waals surface area contributed by atoms with Gasteiger partial charge in [-0.25, -0.2) is 0 Å². The van der Waals surface area contributed by atoms with Gasteiger partial charge in [-0.05, 0) is 51.5 Å². The largest absolute Gasteiger partial charge is 0.480 e. The number of carbonyl (C=O) groups excluding carboxylic acids is 4. The summed E-state index contributed by atoms with van der Waals surface area (Å²) in [5, 5.41) is 16.6. The van der Waals surface area contributed by atoms with Gasteiger partial charge in [-0.15, -0.1) is 0 Å². The van der Waals surface area contributed by atoms with E-state index >= 15 is 0 Å². The van der Waals surface area contributed by atoms with Crippen LogP contribution in [-0.4, -0.2) is 59.0 Å². The predicted octanol–water partition coefficient (Wildman–Crippen LogP) is 2.35. The molecule has 0 aliphatic carbocycles. The van der Waals surface area contributed by atoms with Crippen LogP contribution in [0.5, 0.6) is 0 Å². The molecule has 0 saturated carbocycles. The summed E-state index contributed by atoms with van der Waals surface area (Å²) in [4.78, 5) is 61.0. The number of hydrogen-bond acceptors (Lipinski definition) is 6. The third-order valence-corrected chi connectivity index (χ3v) is 5.14. The van der Waals surface area contributed by atoms with Gasteiger partial charge in [0.15, 0.2) is 0 Å². The first-order chi connectivity index (χ1) is 17.3. The number of rotatable bonds is 15. The number of amides is 3. The van der Waals surface area contributed by atoms with Gasteiger partial charge in [-0.1, -0.05) is 44.2 Å². The number of benzene rings is 1. The molecule has 0 fully saturated rings. The van der Waals surface area contributed by atoms with E-state index in [0.717, 1.165) is 5.56 Å². The Kier molecular flexibility index (Phi) is 13.4. The van der Waals surface area contributed by atoms with Crippen molar-refractivity contribution in [3.05, 3.63) is 35.9 Å². The maximum Gasteiger partial charge on any atom is 0.322 e. The number of hydrogen-bond donors (Lipinski definition) is 4. The Bertz CT molecular complexity index is 910.